The van der Waals surface area contributed by atoms with Crippen molar-refractivity contribution in [2.75, 3.05) is 26.7 Å². The molecule has 0 saturated carbocycles. The Morgan fingerprint density at radius 2 is 0.933 bits per heavy atom. The normalized spacial score (nSPS) is 12.5. The zero-order valence-electron chi connectivity index (χ0n) is 17.4. The van der Waals surface area contributed by atoms with E-state index in [-0.39, 0.29) is 11.5 Å². The van der Waals surface area contributed by atoms with E-state index in [9.17, 15) is 19.3 Å². The fourth-order valence-corrected chi connectivity index (χ4v) is 6.11. The second-order valence-electron chi connectivity index (χ2n) is 8.38. The van der Waals surface area contributed by atoms with E-state index in [1.807, 2.05) is 48.5 Å². The van der Waals surface area contributed by atoms with Gasteiger partial charge in [-0.15, -0.1) is 0 Å². The van der Waals surface area contributed by atoms with Crippen LogP contribution < -0.4 is 10.6 Å². The first kappa shape index (κ1) is 20.7. The van der Waals surface area contributed by atoms with Gasteiger partial charge in [0, 0.05) is 11.1 Å². The SMILES string of the molecule is CP(C)(=O)c1cc2ccccc2c(-c2c(O)c(P(C)(C)=O)cc3ccccc23)c1O. The quantitative estimate of drug-likeness (QED) is 0.410. The molecule has 0 aliphatic heterocycles. The molecule has 2 N–H and O–H groups in total. The average Bonchev–Trinajstić information content (AvgIpc) is 2.66. The summed E-state index contributed by atoms with van der Waals surface area (Å²) in [6.07, 6.45) is 0. The summed E-state index contributed by atoms with van der Waals surface area (Å²) in [6, 6.07) is 18.5. The molecule has 0 aliphatic rings. The summed E-state index contributed by atoms with van der Waals surface area (Å²) in [5.41, 5.74) is 0.826. The fraction of sp³-hybridized carbons (Fsp3) is 0.167. The van der Waals surface area contributed by atoms with Crippen molar-refractivity contribution < 1.29 is 19.3 Å². The Balaban J connectivity index is 2.30. The summed E-state index contributed by atoms with van der Waals surface area (Å²) in [5.74, 6) is -0.219. The van der Waals surface area contributed by atoms with E-state index < -0.39 is 14.3 Å². The van der Waals surface area contributed by atoms with Crippen molar-refractivity contribution >= 4 is 46.4 Å². The molecular weight excluding hydrogens is 414 g/mol. The molecule has 4 aromatic carbocycles. The van der Waals surface area contributed by atoms with Gasteiger partial charge >= 0.3 is 0 Å². The molecule has 0 heterocycles. The average molecular weight is 438 g/mol. The minimum atomic E-state index is -2.81. The van der Waals surface area contributed by atoms with Gasteiger partial charge in [0.2, 0.25) is 0 Å². The second kappa shape index (κ2) is 7.01. The first-order valence-corrected chi connectivity index (χ1v) is 14.8. The van der Waals surface area contributed by atoms with Crippen LogP contribution in [0.25, 0.3) is 32.7 Å². The highest BCUT2D eigenvalue weighted by molar-refractivity contribution is 7.70. The topological polar surface area (TPSA) is 74.6 Å². The van der Waals surface area contributed by atoms with Crippen LogP contribution in [0, 0.1) is 0 Å². The summed E-state index contributed by atoms with van der Waals surface area (Å²) >= 11 is 0. The number of phenolic OH excluding ortho intramolecular Hbond substituents is 2. The molecular formula is C24H24O4P2. The molecule has 0 atom stereocenters. The zero-order valence-corrected chi connectivity index (χ0v) is 19.2. The van der Waals surface area contributed by atoms with Crippen LogP contribution in [0.5, 0.6) is 11.5 Å². The Morgan fingerprint density at radius 3 is 1.27 bits per heavy atom. The highest BCUT2D eigenvalue weighted by Crippen LogP contribution is 2.51. The largest absolute Gasteiger partial charge is 0.506 e. The monoisotopic (exact) mass is 438 g/mol. The first-order chi connectivity index (χ1) is 14.0. The molecule has 0 aliphatic carbocycles. The van der Waals surface area contributed by atoms with Gasteiger partial charge in [-0.3, -0.25) is 0 Å². The van der Waals surface area contributed by atoms with Crippen LogP contribution in [-0.2, 0) is 9.13 Å². The fourth-order valence-electron chi connectivity index (χ4n) is 3.97. The van der Waals surface area contributed by atoms with Crippen LogP contribution in [0.3, 0.4) is 0 Å². The summed E-state index contributed by atoms with van der Waals surface area (Å²) in [5, 5.41) is 26.4. The molecule has 0 unspecified atom stereocenters. The Morgan fingerprint density at radius 1 is 0.600 bits per heavy atom. The Labute approximate surface area is 175 Å². The molecule has 0 spiro atoms. The predicted octanol–water partition coefficient (Wildman–Crippen LogP) is 5.57. The molecule has 0 saturated heterocycles. The number of fused-ring (bicyclic) bond motifs is 2. The minimum absolute atomic E-state index is 0.110. The Kier molecular flexibility index (Phi) is 4.84. The van der Waals surface area contributed by atoms with Crippen LogP contribution in [0.15, 0.2) is 60.7 Å². The van der Waals surface area contributed by atoms with Crippen LogP contribution in [0.4, 0.5) is 0 Å². The van der Waals surface area contributed by atoms with E-state index in [0.29, 0.717) is 21.7 Å². The Bertz CT molecular complexity index is 1300. The summed E-state index contributed by atoms with van der Waals surface area (Å²) in [4.78, 5) is 0. The lowest BCUT2D eigenvalue weighted by Crippen LogP contribution is -2.09. The van der Waals surface area contributed by atoms with Gasteiger partial charge in [-0.05, 0) is 60.3 Å². The van der Waals surface area contributed by atoms with Crippen molar-refractivity contribution in [3.05, 3.63) is 60.7 Å². The lowest BCUT2D eigenvalue weighted by molar-refractivity contribution is 0.474. The van der Waals surface area contributed by atoms with Crippen molar-refractivity contribution in [1.29, 1.82) is 0 Å². The summed E-state index contributed by atoms with van der Waals surface area (Å²) < 4.78 is 25.9. The molecule has 4 rings (SSSR count). The van der Waals surface area contributed by atoms with Gasteiger partial charge in [0.05, 0.1) is 10.6 Å². The van der Waals surface area contributed by atoms with Crippen molar-refractivity contribution in [2.24, 2.45) is 0 Å². The lowest BCUT2D eigenvalue weighted by atomic mass is 9.92. The number of aromatic hydroxyl groups is 2. The molecule has 154 valence electrons. The Hall–Kier alpha value is -2.54. The van der Waals surface area contributed by atoms with Gasteiger partial charge in [-0.25, -0.2) is 0 Å². The van der Waals surface area contributed by atoms with Crippen LogP contribution in [0.1, 0.15) is 0 Å². The number of hydrogen-bond acceptors (Lipinski definition) is 4. The molecule has 4 nitrogen and oxygen atoms in total. The molecule has 4 aromatic rings. The molecule has 0 radical (unpaired) electrons. The van der Waals surface area contributed by atoms with Gasteiger partial charge < -0.3 is 19.3 Å². The smallest absolute Gasteiger partial charge is 0.134 e. The standard InChI is InChI=1S/C24H24O4P2/c1-29(2,27)19-13-15-9-5-7-11-17(15)21(23(19)25)22-18-12-8-6-10-16(18)14-20(24(22)26)30(3,4)28/h5-14,25-26H,1-4H3. The van der Waals surface area contributed by atoms with Gasteiger partial charge in [-0.1, -0.05) is 48.5 Å². The first-order valence-electron chi connectivity index (χ1n) is 9.61. The molecule has 0 aromatic heterocycles. The van der Waals surface area contributed by atoms with Gasteiger partial charge in [0.25, 0.3) is 0 Å². The van der Waals surface area contributed by atoms with Crippen molar-refractivity contribution in [2.45, 2.75) is 0 Å². The number of benzene rings is 4. The predicted molar refractivity (Wildman–Crippen MR) is 128 cm³/mol. The number of rotatable bonds is 3. The van der Waals surface area contributed by atoms with Gasteiger partial charge in [0.15, 0.2) is 0 Å². The van der Waals surface area contributed by atoms with Crippen molar-refractivity contribution in [3.8, 4) is 22.6 Å². The van der Waals surface area contributed by atoms with Crippen LogP contribution in [0.2, 0.25) is 0 Å². The highest BCUT2D eigenvalue weighted by atomic mass is 31.2. The van der Waals surface area contributed by atoms with E-state index in [1.165, 1.54) is 0 Å². The molecule has 0 bridgehead atoms. The van der Waals surface area contributed by atoms with E-state index in [4.69, 9.17) is 0 Å². The molecule has 0 fully saturated rings. The highest BCUT2D eigenvalue weighted by Gasteiger charge is 2.28. The third-order valence-electron chi connectivity index (χ3n) is 5.41. The van der Waals surface area contributed by atoms with Crippen LogP contribution >= 0.6 is 14.3 Å². The van der Waals surface area contributed by atoms with Crippen molar-refractivity contribution in [1.82, 2.24) is 0 Å². The number of hydrogen-bond donors (Lipinski definition) is 2. The second-order valence-corrected chi connectivity index (χ2v) is 14.7. The summed E-state index contributed by atoms with van der Waals surface area (Å²) in [7, 11) is -5.63. The maximum atomic E-state index is 13.0. The van der Waals surface area contributed by atoms with E-state index in [2.05, 4.69) is 0 Å². The van der Waals surface area contributed by atoms with Gasteiger partial charge in [0.1, 0.15) is 25.8 Å². The maximum Gasteiger partial charge on any atom is 0.134 e. The third-order valence-corrected chi connectivity index (χ3v) is 8.42. The van der Waals surface area contributed by atoms with E-state index in [1.54, 1.807) is 38.8 Å². The lowest BCUT2D eigenvalue weighted by Gasteiger charge is -2.21. The molecule has 0 amide bonds. The maximum absolute atomic E-state index is 13.0. The van der Waals surface area contributed by atoms with E-state index >= 15 is 0 Å². The van der Waals surface area contributed by atoms with Gasteiger partial charge in [-0.2, -0.15) is 0 Å². The van der Waals surface area contributed by atoms with Crippen LogP contribution in [-0.4, -0.2) is 36.9 Å². The minimum Gasteiger partial charge on any atom is -0.506 e. The number of phenols is 2. The van der Waals surface area contributed by atoms with E-state index in [0.717, 1.165) is 21.5 Å². The summed E-state index contributed by atoms with van der Waals surface area (Å²) in [6.45, 7) is 6.45. The zero-order chi connectivity index (χ0) is 21.8. The molecule has 30 heavy (non-hydrogen) atoms. The molecule has 6 heteroatoms. The van der Waals surface area contributed by atoms with Crippen molar-refractivity contribution in [3.63, 3.8) is 0 Å². The third kappa shape index (κ3) is 3.35.